The molecule has 1 amide bonds. The number of alkyl halides is 2. The summed E-state index contributed by atoms with van der Waals surface area (Å²) in [5.41, 5.74) is 1.27. The first-order chi connectivity index (χ1) is 9.96. The number of para-hydroxylation sites is 2. The second-order valence-corrected chi connectivity index (χ2v) is 5.49. The summed E-state index contributed by atoms with van der Waals surface area (Å²) in [5, 5.41) is 0. The van der Waals surface area contributed by atoms with E-state index in [1.165, 1.54) is 4.90 Å². The fourth-order valence-corrected chi connectivity index (χ4v) is 2.66. The number of aromatic nitrogens is 1. The number of halogens is 2. The van der Waals surface area contributed by atoms with E-state index in [-0.39, 0.29) is 43.5 Å². The number of amides is 1. The van der Waals surface area contributed by atoms with Crippen molar-refractivity contribution in [1.29, 1.82) is 0 Å². The third kappa shape index (κ3) is 2.75. The largest absolute Gasteiger partial charge is 0.423 e. The van der Waals surface area contributed by atoms with E-state index in [4.69, 9.17) is 4.42 Å². The number of carbonyl (C=O) groups excluding carboxylic acids is 1. The summed E-state index contributed by atoms with van der Waals surface area (Å²) in [6.45, 7) is 0. The summed E-state index contributed by atoms with van der Waals surface area (Å²) in [5.74, 6) is -3.23. The molecule has 3 rings (SSSR count). The number of rotatable bonds is 2. The Hall–Kier alpha value is -1.98. The van der Waals surface area contributed by atoms with Crippen LogP contribution >= 0.6 is 0 Å². The maximum atomic E-state index is 13.1. The molecule has 0 aliphatic heterocycles. The number of carbonyl (C=O) groups is 1. The van der Waals surface area contributed by atoms with Crippen LogP contribution in [0.4, 0.5) is 14.8 Å². The van der Waals surface area contributed by atoms with Gasteiger partial charge in [0.25, 0.3) is 0 Å². The zero-order chi connectivity index (χ0) is 15.0. The normalized spacial score (nSPS) is 18.8. The van der Waals surface area contributed by atoms with E-state index in [9.17, 15) is 13.6 Å². The molecule has 1 heterocycles. The molecule has 0 N–H and O–H groups in total. The Bertz CT molecular complexity index is 625. The van der Waals surface area contributed by atoms with E-state index >= 15 is 0 Å². The van der Waals surface area contributed by atoms with E-state index in [2.05, 4.69) is 4.98 Å². The molecule has 1 aliphatic rings. The van der Waals surface area contributed by atoms with Crippen molar-refractivity contribution < 1.29 is 18.0 Å². The Kier molecular flexibility index (Phi) is 3.39. The van der Waals surface area contributed by atoms with E-state index in [0.29, 0.717) is 11.1 Å². The number of fused-ring (bicyclic) bond motifs is 1. The van der Waals surface area contributed by atoms with Gasteiger partial charge in [0.15, 0.2) is 5.58 Å². The Morgan fingerprint density at radius 2 is 2.00 bits per heavy atom. The monoisotopic (exact) mass is 294 g/mol. The molecule has 6 heteroatoms. The van der Waals surface area contributed by atoms with Gasteiger partial charge in [0.05, 0.1) is 0 Å². The van der Waals surface area contributed by atoms with Crippen LogP contribution in [0.1, 0.15) is 25.7 Å². The van der Waals surface area contributed by atoms with Crippen molar-refractivity contribution in [3.8, 4) is 0 Å². The molecule has 0 spiro atoms. The van der Waals surface area contributed by atoms with Crippen LogP contribution < -0.4 is 4.90 Å². The van der Waals surface area contributed by atoms with Crippen LogP contribution in [-0.4, -0.2) is 23.9 Å². The molecule has 0 saturated heterocycles. The first-order valence-electron chi connectivity index (χ1n) is 6.97. The summed E-state index contributed by atoms with van der Waals surface area (Å²) >= 11 is 0. The lowest BCUT2D eigenvalue weighted by atomic mass is 9.86. The molecule has 112 valence electrons. The summed E-state index contributed by atoms with van der Waals surface area (Å²) in [6.07, 6.45) is -0.0532. The van der Waals surface area contributed by atoms with Gasteiger partial charge < -0.3 is 4.42 Å². The van der Waals surface area contributed by atoms with E-state index in [1.807, 2.05) is 12.1 Å². The highest BCUT2D eigenvalue weighted by Gasteiger charge is 2.38. The summed E-state index contributed by atoms with van der Waals surface area (Å²) < 4.78 is 31.8. The molecule has 2 aromatic rings. The minimum Gasteiger partial charge on any atom is -0.423 e. The number of hydrogen-bond acceptors (Lipinski definition) is 3. The lowest BCUT2D eigenvalue weighted by Crippen LogP contribution is -2.37. The van der Waals surface area contributed by atoms with Gasteiger partial charge >= 0.3 is 6.01 Å². The van der Waals surface area contributed by atoms with E-state index in [1.54, 1.807) is 19.2 Å². The van der Waals surface area contributed by atoms with Gasteiger partial charge in [-0.05, 0) is 25.0 Å². The van der Waals surface area contributed by atoms with Gasteiger partial charge in [0, 0.05) is 25.8 Å². The molecular formula is C15H16F2N2O2. The third-order valence-electron chi connectivity index (χ3n) is 3.97. The molecule has 0 unspecified atom stereocenters. The maximum Gasteiger partial charge on any atom is 0.304 e. The fourth-order valence-electron chi connectivity index (χ4n) is 2.66. The molecule has 1 aromatic heterocycles. The molecule has 0 atom stereocenters. The van der Waals surface area contributed by atoms with Crippen LogP contribution in [0.5, 0.6) is 0 Å². The summed E-state index contributed by atoms with van der Waals surface area (Å²) in [7, 11) is 1.57. The molecule has 1 saturated carbocycles. The first-order valence-corrected chi connectivity index (χ1v) is 6.97. The van der Waals surface area contributed by atoms with Gasteiger partial charge in [-0.3, -0.25) is 9.69 Å². The lowest BCUT2D eigenvalue weighted by molar-refractivity contribution is -0.126. The predicted octanol–water partition coefficient (Wildman–Crippen LogP) is 3.62. The molecule has 1 aromatic carbocycles. The maximum absolute atomic E-state index is 13.1. The highest BCUT2D eigenvalue weighted by atomic mass is 19.3. The summed E-state index contributed by atoms with van der Waals surface area (Å²) in [6, 6.07) is 7.42. The minimum atomic E-state index is -2.63. The first kappa shape index (κ1) is 14.0. The van der Waals surface area contributed by atoms with Crippen LogP contribution in [0, 0.1) is 5.92 Å². The number of benzene rings is 1. The van der Waals surface area contributed by atoms with Crippen LogP contribution in [0.3, 0.4) is 0 Å². The van der Waals surface area contributed by atoms with Crippen molar-refractivity contribution in [1.82, 2.24) is 4.98 Å². The van der Waals surface area contributed by atoms with Crippen molar-refractivity contribution in [3.05, 3.63) is 24.3 Å². The minimum absolute atomic E-state index is 0.205. The Balaban J connectivity index is 1.75. The van der Waals surface area contributed by atoms with Gasteiger partial charge in [-0.2, -0.15) is 4.98 Å². The van der Waals surface area contributed by atoms with Gasteiger partial charge in [0.1, 0.15) is 5.52 Å². The fraction of sp³-hybridized carbons (Fsp3) is 0.467. The second-order valence-electron chi connectivity index (χ2n) is 5.49. The zero-order valence-corrected chi connectivity index (χ0v) is 11.7. The van der Waals surface area contributed by atoms with Crippen LogP contribution in [0.15, 0.2) is 28.7 Å². The predicted molar refractivity (Wildman–Crippen MR) is 74.3 cm³/mol. The van der Waals surface area contributed by atoms with Gasteiger partial charge in [-0.25, -0.2) is 8.78 Å². The zero-order valence-electron chi connectivity index (χ0n) is 11.7. The third-order valence-corrected chi connectivity index (χ3v) is 3.97. The van der Waals surface area contributed by atoms with Crippen LogP contribution in [0.2, 0.25) is 0 Å². The van der Waals surface area contributed by atoms with Crippen LogP contribution in [-0.2, 0) is 4.79 Å². The topological polar surface area (TPSA) is 46.3 Å². The van der Waals surface area contributed by atoms with Crippen LogP contribution in [0.25, 0.3) is 11.1 Å². The van der Waals surface area contributed by atoms with Crippen molar-refractivity contribution >= 4 is 23.0 Å². The number of anilines is 1. The quantitative estimate of drug-likeness (QED) is 0.850. The average molecular weight is 294 g/mol. The van der Waals surface area contributed by atoms with E-state index in [0.717, 1.165) is 0 Å². The Labute approximate surface area is 120 Å². The number of oxazole rings is 1. The number of hydrogen-bond donors (Lipinski definition) is 0. The molecule has 21 heavy (non-hydrogen) atoms. The molecular weight excluding hydrogens is 278 g/mol. The lowest BCUT2D eigenvalue weighted by Gasteiger charge is -2.29. The van der Waals surface area contributed by atoms with Gasteiger partial charge in [-0.15, -0.1) is 0 Å². The van der Waals surface area contributed by atoms with Crippen molar-refractivity contribution in [2.75, 3.05) is 11.9 Å². The van der Waals surface area contributed by atoms with Crippen molar-refractivity contribution in [2.24, 2.45) is 5.92 Å². The molecule has 0 radical (unpaired) electrons. The Morgan fingerprint density at radius 3 is 2.67 bits per heavy atom. The second kappa shape index (κ2) is 5.09. The molecule has 0 bridgehead atoms. The van der Waals surface area contributed by atoms with Gasteiger partial charge in [0.2, 0.25) is 11.8 Å². The van der Waals surface area contributed by atoms with Crippen molar-refractivity contribution in [2.45, 2.75) is 31.6 Å². The molecule has 4 nitrogen and oxygen atoms in total. The van der Waals surface area contributed by atoms with Crippen molar-refractivity contribution in [3.63, 3.8) is 0 Å². The van der Waals surface area contributed by atoms with E-state index < -0.39 is 5.92 Å². The molecule has 1 fully saturated rings. The average Bonchev–Trinajstić information content (AvgIpc) is 2.89. The standard InChI is InChI=1S/C15H16F2N2O2/c1-19(13(20)10-6-8-15(16,17)9-7-10)14-18-11-4-2-3-5-12(11)21-14/h2-5,10H,6-9H2,1H3. The highest BCUT2D eigenvalue weighted by Crippen LogP contribution is 2.37. The van der Waals surface area contributed by atoms with Gasteiger partial charge in [-0.1, -0.05) is 12.1 Å². The molecule has 1 aliphatic carbocycles. The highest BCUT2D eigenvalue weighted by molar-refractivity contribution is 5.93. The SMILES string of the molecule is CN(C(=O)C1CCC(F)(F)CC1)c1nc2ccccc2o1. The number of nitrogens with zero attached hydrogens (tertiary/aromatic N) is 2. The Morgan fingerprint density at radius 1 is 1.33 bits per heavy atom. The summed E-state index contributed by atoms with van der Waals surface area (Å²) in [4.78, 5) is 17.9. The smallest absolute Gasteiger partial charge is 0.304 e.